The van der Waals surface area contributed by atoms with E-state index in [0.29, 0.717) is 29.4 Å². The molecular weight excluding hydrogens is 388 g/mol. The van der Waals surface area contributed by atoms with Crippen molar-refractivity contribution in [1.29, 1.82) is 0 Å². The van der Waals surface area contributed by atoms with E-state index in [-0.39, 0.29) is 29.1 Å². The van der Waals surface area contributed by atoms with Crippen LogP contribution in [0.4, 0.5) is 5.69 Å². The SMILES string of the molecule is COc1cccc(NC(=O)CSc2nnc(C[C@@H]3CCS(=O)(=O)C3)n2C)c1. The number of carbonyl (C=O) groups excluding carboxylic acids is 1. The molecule has 1 saturated heterocycles. The molecule has 0 bridgehead atoms. The third kappa shape index (κ3) is 5.23. The van der Waals surface area contributed by atoms with Gasteiger partial charge in [-0.05, 0) is 24.5 Å². The van der Waals surface area contributed by atoms with Crippen molar-refractivity contribution >= 4 is 33.2 Å². The highest BCUT2D eigenvalue weighted by molar-refractivity contribution is 7.99. The molecule has 0 aliphatic carbocycles. The highest BCUT2D eigenvalue weighted by atomic mass is 32.2. The number of sulfone groups is 1. The van der Waals surface area contributed by atoms with Crippen molar-refractivity contribution in [3.05, 3.63) is 30.1 Å². The van der Waals surface area contributed by atoms with Gasteiger partial charge in [-0.2, -0.15) is 0 Å². The number of ether oxygens (including phenoxy) is 1. The van der Waals surface area contributed by atoms with Crippen LogP contribution in [-0.4, -0.2) is 53.5 Å². The van der Waals surface area contributed by atoms with E-state index in [4.69, 9.17) is 4.74 Å². The number of carbonyl (C=O) groups is 1. The smallest absolute Gasteiger partial charge is 0.234 e. The summed E-state index contributed by atoms with van der Waals surface area (Å²) >= 11 is 1.29. The summed E-state index contributed by atoms with van der Waals surface area (Å²) in [6, 6.07) is 7.15. The topological polar surface area (TPSA) is 103 Å². The molecule has 1 amide bonds. The van der Waals surface area contributed by atoms with Crippen LogP contribution in [-0.2, 0) is 28.1 Å². The van der Waals surface area contributed by atoms with Gasteiger partial charge in [0.1, 0.15) is 11.6 Å². The number of aromatic nitrogens is 3. The fourth-order valence-electron chi connectivity index (χ4n) is 2.97. The largest absolute Gasteiger partial charge is 0.497 e. The van der Waals surface area contributed by atoms with E-state index in [1.54, 1.807) is 31.4 Å². The number of amides is 1. The number of nitrogens with zero attached hydrogens (tertiary/aromatic N) is 3. The Bertz CT molecular complexity index is 927. The van der Waals surface area contributed by atoms with E-state index in [9.17, 15) is 13.2 Å². The third-order valence-electron chi connectivity index (χ3n) is 4.41. The Balaban J connectivity index is 1.54. The van der Waals surface area contributed by atoms with Gasteiger partial charge in [0.05, 0.1) is 24.4 Å². The second-order valence-corrected chi connectivity index (χ2v) is 9.67. The number of methoxy groups -OCH3 is 1. The van der Waals surface area contributed by atoms with Crippen LogP contribution in [0.25, 0.3) is 0 Å². The van der Waals surface area contributed by atoms with E-state index in [1.165, 1.54) is 11.8 Å². The van der Waals surface area contributed by atoms with Crippen LogP contribution in [0.5, 0.6) is 5.75 Å². The van der Waals surface area contributed by atoms with E-state index >= 15 is 0 Å². The van der Waals surface area contributed by atoms with Gasteiger partial charge in [0, 0.05) is 25.2 Å². The first-order chi connectivity index (χ1) is 12.9. The minimum Gasteiger partial charge on any atom is -0.497 e. The van der Waals surface area contributed by atoms with Crippen LogP contribution in [0.15, 0.2) is 29.4 Å². The van der Waals surface area contributed by atoms with Crippen molar-refractivity contribution in [2.24, 2.45) is 13.0 Å². The average molecular weight is 411 g/mol. The molecule has 3 rings (SSSR count). The second-order valence-electron chi connectivity index (χ2n) is 6.50. The van der Waals surface area contributed by atoms with E-state index in [1.807, 2.05) is 11.6 Å². The van der Waals surface area contributed by atoms with Crippen LogP contribution in [0.3, 0.4) is 0 Å². The summed E-state index contributed by atoms with van der Waals surface area (Å²) < 4.78 is 30.1. The molecule has 2 aromatic rings. The van der Waals surface area contributed by atoms with E-state index in [0.717, 1.165) is 5.82 Å². The molecule has 2 heterocycles. The summed E-state index contributed by atoms with van der Waals surface area (Å²) in [5.74, 6) is 2.01. The fraction of sp³-hybridized carbons (Fsp3) is 0.471. The van der Waals surface area contributed by atoms with E-state index in [2.05, 4.69) is 15.5 Å². The van der Waals surface area contributed by atoms with Crippen LogP contribution in [0.2, 0.25) is 0 Å². The normalized spacial score (nSPS) is 18.4. The van der Waals surface area contributed by atoms with Crippen LogP contribution >= 0.6 is 11.8 Å². The lowest BCUT2D eigenvalue weighted by Gasteiger charge is -2.08. The highest BCUT2D eigenvalue weighted by Crippen LogP contribution is 2.24. The first-order valence-electron chi connectivity index (χ1n) is 8.51. The number of rotatable bonds is 7. The first kappa shape index (κ1) is 19.7. The zero-order chi connectivity index (χ0) is 19.4. The number of nitrogens with one attached hydrogen (secondary N) is 1. The molecule has 1 N–H and O–H groups in total. The maximum absolute atomic E-state index is 12.2. The minimum atomic E-state index is -2.90. The fourth-order valence-corrected chi connectivity index (χ4v) is 5.56. The Labute approximate surface area is 162 Å². The molecule has 1 aliphatic heterocycles. The Morgan fingerprint density at radius 2 is 2.22 bits per heavy atom. The minimum absolute atomic E-state index is 0.0899. The van der Waals surface area contributed by atoms with Gasteiger partial charge in [-0.3, -0.25) is 4.79 Å². The van der Waals surface area contributed by atoms with Gasteiger partial charge >= 0.3 is 0 Å². The van der Waals surface area contributed by atoms with Crippen molar-refractivity contribution in [2.75, 3.05) is 29.7 Å². The molecule has 1 fully saturated rings. The standard InChI is InChI=1S/C17H22N4O4S2/c1-21-15(8-12-6-7-27(23,24)11-12)19-20-17(21)26-10-16(22)18-13-4-3-5-14(9-13)25-2/h3-5,9,12H,6-8,10-11H2,1-2H3,(H,18,22)/t12-/m0/s1. The monoisotopic (exact) mass is 410 g/mol. The number of hydrogen-bond acceptors (Lipinski definition) is 7. The van der Waals surface area contributed by atoms with Gasteiger partial charge < -0.3 is 14.6 Å². The Morgan fingerprint density at radius 1 is 1.41 bits per heavy atom. The summed E-state index contributed by atoms with van der Waals surface area (Å²) in [4.78, 5) is 12.2. The average Bonchev–Trinajstić information content (AvgIpc) is 3.15. The van der Waals surface area contributed by atoms with Gasteiger partial charge in [0.2, 0.25) is 5.91 Å². The lowest BCUT2D eigenvalue weighted by Crippen LogP contribution is -2.14. The van der Waals surface area contributed by atoms with Crippen molar-refractivity contribution in [2.45, 2.75) is 18.0 Å². The molecule has 0 saturated carbocycles. The summed E-state index contributed by atoms with van der Waals surface area (Å²) in [5, 5.41) is 11.7. The number of thioether (sulfide) groups is 1. The molecule has 27 heavy (non-hydrogen) atoms. The van der Waals surface area contributed by atoms with Gasteiger partial charge in [-0.25, -0.2) is 8.42 Å². The van der Waals surface area contributed by atoms with Gasteiger partial charge in [0.15, 0.2) is 15.0 Å². The van der Waals surface area contributed by atoms with Crippen LogP contribution < -0.4 is 10.1 Å². The Hall–Kier alpha value is -2.07. The Kier molecular flexibility index (Phi) is 6.05. The van der Waals surface area contributed by atoms with E-state index < -0.39 is 9.84 Å². The second kappa shape index (κ2) is 8.30. The molecule has 0 radical (unpaired) electrons. The van der Waals surface area contributed by atoms with Crippen molar-refractivity contribution < 1.29 is 17.9 Å². The molecule has 10 heteroatoms. The molecule has 1 aliphatic rings. The van der Waals surface area contributed by atoms with Gasteiger partial charge in [-0.1, -0.05) is 17.8 Å². The lowest BCUT2D eigenvalue weighted by molar-refractivity contribution is -0.113. The molecule has 1 aromatic carbocycles. The molecule has 1 atom stereocenters. The van der Waals surface area contributed by atoms with Crippen molar-refractivity contribution in [1.82, 2.24) is 14.8 Å². The van der Waals surface area contributed by atoms with Crippen LogP contribution in [0, 0.1) is 5.92 Å². The zero-order valence-corrected chi connectivity index (χ0v) is 16.8. The van der Waals surface area contributed by atoms with Gasteiger partial charge in [0.25, 0.3) is 0 Å². The summed E-state index contributed by atoms with van der Waals surface area (Å²) in [5.41, 5.74) is 0.668. The lowest BCUT2D eigenvalue weighted by atomic mass is 10.1. The molecular formula is C17H22N4O4S2. The maximum atomic E-state index is 12.2. The number of hydrogen-bond donors (Lipinski definition) is 1. The molecule has 8 nitrogen and oxygen atoms in total. The summed E-state index contributed by atoms with van der Waals surface area (Å²) in [6.45, 7) is 0. The summed E-state index contributed by atoms with van der Waals surface area (Å²) in [6.07, 6.45) is 1.25. The first-order valence-corrected chi connectivity index (χ1v) is 11.3. The maximum Gasteiger partial charge on any atom is 0.234 e. The Morgan fingerprint density at radius 3 is 2.93 bits per heavy atom. The van der Waals surface area contributed by atoms with Crippen molar-refractivity contribution in [3.63, 3.8) is 0 Å². The molecule has 1 aromatic heterocycles. The molecule has 0 unspecified atom stereocenters. The van der Waals surface area contributed by atoms with Gasteiger partial charge in [-0.15, -0.1) is 10.2 Å². The zero-order valence-electron chi connectivity index (χ0n) is 15.2. The number of anilines is 1. The summed E-state index contributed by atoms with van der Waals surface area (Å²) in [7, 11) is 0.505. The van der Waals surface area contributed by atoms with Crippen LogP contribution in [0.1, 0.15) is 12.2 Å². The molecule has 146 valence electrons. The predicted molar refractivity (Wildman–Crippen MR) is 104 cm³/mol. The quantitative estimate of drug-likeness (QED) is 0.691. The third-order valence-corrected chi connectivity index (χ3v) is 7.27. The predicted octanol–water partition coefficient (Wildman–Crippen LogP) is 1.53. The highest BCUT2D eigenvalue weighted by Gasteiger charge is 2.29. The molecule has 0 spiro atoms. The van der Waals surface area contributed by atoms with Crippen molar-refractivity contribution in [3.8, 4) is 5.75 Å². The number of benzene rings is 1.